The number of benzene rings is 2. The lowest BCUT2D eigenvalue weighted by Crippen LogP contribution is -2.22. The van der Waals surface area contributed by atoms with Gasteiger partial charge < -0.3 is 4.90 Å². The molecule has 8 heteroatoms. The van der Waals surface area contributed by atoms with Gasteiger partial charge in [-0.05, 0) is 30.3 Å². The fourth-order valence-electron chi connectivity index (χ4n) is 2.28. The second kappa shape index (κ2) is 5.99. The van der Waals surface area contributed by atoms with Gasteiger partial charge in [-0.25, -0.2) is 9.66 Å². The van der Waals surface area contributed by atoms with Gasteiger partial charge in [-0.15, -0.1) is 0 Å². The van der Waals surface area contributed by atoms with E-state index in [2.05, 4.69) is 10.4 Å². The third-order valence-corrected chi connectivity index (χ3v) is 3.61. The van der Waals surface area contributed by atoms with Crippen LogP contribution in [0.2, 0.25) is 0 Å². The summed E-state index contributed by atoms with van der Waals surface area (Å²) in [4.78, 5) is 28.7. The smallest absolute Gasteiger partial charge is 0.270 e. The lowest BCUT2D eigenvalue weighted by molar-refractivity contribution is -0.384. The molecule has 0 aliphatic carbocycles. The molecule has 0 aliphatic rings. The Labute approximate surface area is 137 Å². The van der Waals surface area contributed by atoms with E-state index in [4.69, 9.17) is 0 Å². The number of nitro benzene ring substituents is 1. The Morgan fingerprint density at radius 1 is 1.21 bits per heavy atom. The molecule has 24 heavy (non-hydrogen) atoms. The van der Waals surface area contributed by atoms with E-state index in [1.165, 1.54) is 35.3 Å². The summed E-state index contributed by atoms with van der Waals surface area (Å²) in [5.74, 6) is -0.374. The normalized spacial score (nSPS) is 10.6. The third kappa shape index (κ3) is 2.89. The number of hydrogen-bond acceptors (Lipinski definition) is 5. The molecule has 122 valence electrons. The average Bonchev–Trinajstić information content (AvgIpc) is 2.97. The van der Waals surface area contributed by atoms with Gasteiger partial charge in [0.1, 0.15) is 6.33 Å². The predicted molar refractivity (Wildman–Crippen MR) is 90.8 cm³/mol. The Balaban J connectivity index is 1.84. The highest BCUT2D eigenvalue weighted by atomic mass is 16.6. The standard InChI is InChI=1S/C16H15N5O3/c1-19(2)13-7-8-15-14(9-13)17-10-20(15)18-16(22)11-3-5-12(6-4-11)21(23)24/h3-10H,1-2H3,(H,18,22). The maximum Gasteiger partial charge on any atom is 0.270 e. The number of imidazole rings is 1. The molecular weight excluding hydrogens is 310 g/mol. The minimum absolute atomic E-state index is 0.0594. The first-order valence-electron chi connectivity index (χ1n) is 7.16. The van der Waals surface area contributed by atoms with Crippen LogP contribution < -0.4 is 10.3 Å². The number of non-ortho nitro benzene ring substituents is 1. The van der Waals surface area contributed by atoms with Crippen LogP contribution in [0.15, 0.2) is 48.8 Å². The number of fused-ring (bicyclic) bond motifs is 1. The molecule has 0 radical (unpaired) electrons. The molecule has 1 amide bonds. The summed E-state index contributed by atoms with van der Waals surface area (Å²) in [6, 6.07) is 11.1. The number of carbonyl (C=O) groups is 1. The van der Waals surface area contributed by atoms with Gasteiger partial charge in [0, 0.05) is 37.5 Å². The summed E-state index contributed by atoms with van der Waals surface area (Å²) < 4.78 is 1.53. The highest BCUT2D eigenvalue weighted by molar-refractivity contribution is 6.01. The van der Waals surface area contributed by atoms with Crippen molar-refractivity contribution in [1.82, 2.24) is 9.66 Å². The molecule has 0 spiro atoms. The number of amides is 1. The minimum Gasteiger partial charge on any atom is -0.378 e. The Hall–Kier alpha value is -3.42. The molecule has 3 aromatic rings. The quantitative estimate of drug-likeness (QED) is 0.587. The number of aromatic nitrogens is 2. The van der Waals surface area contributed by atoms with Crippen molar-refractivity contribution in [3.05, 3.63) is 64.5 Å². The Kier molecular flexibility index (Phi) is 3.87. The van der Waals surface area contributed by atoms with Crippen LogP contribution in [0, 0.1) is 10.1 Å². The molecule has 0 saturated heterocycles. The second-order valence-corrected chi connectivity index (χ2v) is 5.43. The maximum absolute atomic E-state index is 12.3. The van der Waals surface area contributed by atoms with Crippen molar-refractivity contribution in [3.63, 3.8) is 0 Å². The first-order chi connectivity index (χ1) is 11.5. The van der Waals surface area contributed by atoms with Gasteiger partial charge in [0.2, 0.25) is 0 Å². The number of carbonyl (C=O) groups excluding carboxylic acids is 1. The van der Waals surface area contributed by atoms with E-state index in [1.807, 2.05) is 37.2 Å². The number of anilines is 1. The lowest BCUT2D eigenvalue weighted by atomic mass is 10.2. The molecule has 0 bridgehead atoms. The summed E-state index contributed by atoms with van der Waals surface area (Å²) in [5.41, 5.74) is 5.50. The summed E-state index contributed by atoms with van der Waals surface area (Å²) in [5, 5.41) is 10.6. The first-order valence-corrected chi connectivity index (χ1v) is 7.16. The molecule has 8 nitrogen and oxygen atoms in total. The molecule has 3 rings (SSSR count). The van der Waals surface area contributed by atoms with E-state index in [9.17, 15) is 14.9 Å². The minimum atomic E-state index is -0.507. The average molecular weight is 325 g/mol. The molecule has 0 fully saturated rings. The van der Waals surface area contributed by atoms with Crippen LogP contribution in [0.4, 0.5) is 11.4 Å². The van der Waals surface area contributed by atoms with Crippen molar-refractivity contribution in [2.24, 2.45) is 0 Å². The molecular formula is C16H15N5O3. The zero-order valence-corrected chi connectivity index (χ0v) is 13.1. The Morgan fingerprint density at radius 3 is 2.54 bits per heavy atom. The fourth-order valence-corrected chi connectivity index (χ4v) is 2.28. The van der Waals surface area contributed by atoms with E-state index in [0.717, 1.165) is 16.7 Å². The fraction of sp³-hybridized carbons (Fsp3) is 0.125. The number of nitro groups is 1. The zero-order valence-electron chi connectivity index (χ0n) is 13.1. The molecule has 1 aromatic heterocycles. The van der Waals surface area contributed by atoms with Crippen molar-refractivity contribution in [3.8, 4) is 0 Å². The van der Waals surface area contributed by atoms with E-state index in [1.54, 1.807) is 0 Å². The lowest BCUT2D eigenvalue weighted by Gasteiger charge is -2.12. The maximum atomic E-state index is 12.3. The topological polar surface area (TPSA) is 93.3 Å². The van der Waals surface area contributed by atoms with Crippen LogP contribution in [0.25, 0.3) is 11.0 Å². The van der Waals surface area contributed by atoms with Crippen molar-refractivity contribution in [2.75, 3.05) is 24.4 Å². The number of rotatable bonds is 4. The largest absolute Gasteiger partial charge is 0.378 e. The van der Waals surface area contributed by atoms with Gasteiger partial charge in [-0.2, -0.15) is 0 Å². The third-order valence-electron chi connectivity index (χ3n) is 3.61. The summed E-state index contributed by atoms with van der Waals surface area (Å²) >= 11 is 0. The summed E-state index contributed by atoms with van der Waals surface area (Å²) in [7, 11) is 3.88. The van der Waals surface area contributed by atoms with E-state index < -0.39 is 4.92 Å². The van der Waals surface area contributed by atoms with Crippen LogP contribution in [-0.2, 0) is 0 Å². The molecule has 1 N–H and O–H groups in total. The van der Waals surface area contributed by atoms with Crippen LogP contribution in [-0.4, -0.2) is 34.6 Å². The van der Waals surface area contributed by atoms with Gasteiger partial charge in [-0.1, -0.05) is 0 Å². The van der Waals surface area contributed by atoms with Crippen LogP contribution in [0.3, 0.4) is 0 Å². The Morgan fingerprint density at radius 2 is 1.92 bits per heavy atom. The molecule has 1 heterocycles. The monoisotopic (exact) mass is 325 g/mol. The first kappa shape index (κ1) is 15.5. The SMILES string of the molecule is CN(C)c1ccc2c(c1)ncn2NC(=O)c1ccc([N+](=O)[O-])cc1. The molecule has 0 aliphatic heterocycles. The number of nitrogens with zero attached hydrogens (tertiary/aromatic N) is 4. The van der Waals surface area contributed by atoms with Gasteiger partial charge in [0.05, 0.1) is 16.0 Å². The van der Waals surface area contributed by atoms with Gasteiger partial charge in [0.15, 0.2) is 0 Å². The van der Waals surface area contributed by atoms with Crippen molar-refractivity contribution in [2.45, 2.75) is 0 Å². The highest BCUT2D eigenvalue weighted by Crippen LogP contribution is 2.19. The van der Waals surface area contributed by atoms with Crippen LogP contribution >= 0.6 is 0 Å². The van der Waals surface area contributed by atoms with Crippen molar-refractivity contribution >= 4 is 28.3 Å². The summed E-state index contributed by atoms with van der Waals surface area (Å²) in [6.07, 6.45) is 1.52. The summed E-state index contributed by atoms with van der Waals surface area (Å²) in [6.45, 7) is 0. The van der Waals surface area contributed by atoms with Gasteiger partial charge in [-0.3, -0.25) is 20.3 Å². The van der Waals surface area contributed by atoms with E-state index in [0.29, 0.717) is 5.56 Å². The molecule has 0 saturated carbocycles. The van der Waals surface area contributed by atoms with Crippen LogP contribution in [0.5, 0.6) is 0 Å². The molecule has 2 aromatic carbocycles. The Bertz CT molecular complexity index is 915. The van der Waals surface area contributed by atoms with Crippen molar-refractivity contribution in [1.29, 1.82) is 0 Å². The van der Waals surface area contributed by atoms with E-state index >= 15 is 0 Å². The molecule has 0 unspecified atom stereocenters. The van der Waals surface area contributed by atoms with E-state index in [-0.39, 0.29) is 11.6 Å². The van der Waals surface area contributed by atoms with Crippen LogP contribution in [0.1, 0.15) is 10.4 Å². The number of nitrogens with one attached hydrogen (secondary N) is 1. The van der Waals surface area contributed by atoms with Crippen molar-refractivity contribution < 1.29 is 9.72 Å². The van der Waals surface area contributed by atoms with Gasteiger partial charge in [0.25, 0.3) is 11.6 Å². The zero-order chi connectivity index (χ0) is 17.3. The number of hydrogen-bond donors (Lipinski definition) is 1. The highest BCUT2D eigenvalue weighted by Gasteiger charge is 2.11. The van der Waals surface area contributed by atoms with Gasteiger partial charge >= 0.3 is 0 Å². The second-order valence-electron chi connectivity index (χ2n) is 5.43. The predicted octanol–water partition coefficient (Wildman–Crippen LogP) is 2.39. The molecule has 0 atom stereocenters.